The lowest BCUT2D eigenvalue weighted by Gasteiger charge is -2.39. The molecular weight excluding hydrogens is 312 g/mol. The molecule has 0 saturated heterocycles. The van der Waals surface area contributed by atoms with Crippen molar-refractivity contribution in [3.8, 4) is 0 Å². The first kappa shape index (κ1) is 14.4. The van der Waals surface area contributed by atoms with Crippen molar-refractivity contribution >= 4 is 23.9 Å². The number of hydrogen-bond acceptors (Lipinski definition) is 8. The first-order valence-corrected chi connectivity index (χ1v) is 7.44. The number of rotatable bonds is 3. The molecule has 4 aliphatic heterocycles. The van der Waals surface area contributed by atoms with Crippen molar-refractivity contribution in [2.24, 2.45) is 32.0 Å². The van der Waals surface area contributed by atoms with Gasteiger partial charge in [-0.2, -0.15) is 0 Å². The van der Waals surface area contributed by atoms with Crippen LogP contribution in [0.2, 0.25) is 0 Å². The predicted molar refractivity (Wildman–Crippen MR) is 86.9 cm³/mol. The van der Waals surface area contributed by atoms with Crippen LogP contribution >= 0.6 is 0 Å². The maximum Gasteiger partial charge on any atom is 0.127 e. The molecule has 0 N–H and O–H groups in total. The molecule has 8 heteroatoms. The summed E-state index contributed by atoms with van der Waals surface area (Å²) in [6.07, 6.45) is 16.5. The van der Waals surface area contributed by atoms with Crippen molar-refractivity contribution in [1.82, 2.24) is 0 Å². The van der Waals surface area contributed by atoms with Crippen LogP contribution in [0.5, 0.6) is 0 Å². The van der Waals surface area contributed by atoms with Crippen LogP contribution in [-0.2, 0) is 19.4 Å². The molecule has 0 bridgehead atoms. The van der Waals surface area contributed by atoms with E-state index in [2.05, 4.69) is 20.6 Å². The molecule has 4 rings (SSSR count). The third-order valence-electron chi connectivity index (χ3n) is 4.14. The van der Waals surface area contributed by atoms with E-state index in [-0.39, 0.29) is 5.92 Å². The fraction of sp³-hybridized carbons (Fsp3) is 0.250. The summed E-state index contributed by atoms with van der Waals surface area (Å²) in [6.45, 7) is 0. The topological polar surface area (TPSA) is 86.4 Å². The molecule has 122 valence electrons. The lowest BCUT2D eigenvalue weighted by Crippen LogP contribution is -2.47. The van der Waals surface area contributed by atoms with E-state index in [0.717, 1.165) is 11.3 Å². The number of hydrogen-bond donors (Lipinski definition) is 0. The highest BCUT2D eigenvalue weighted by Gasteiger charge is 2.49. The van der Waals surface area contributed by atoms with Gasteiger partial charge in [-0.25, -0.2) is 0 Å². The Balaban J connectivity index is 1.83. The number of oxime groups is 4. The molecule has 24 heavy (non-hydrogen) atoms. The van der Waals surface area contributed by atoms with E-state index in [4.69, 9.17) is 19.4 Å². The molecule has 0 aromatic heterocycles. The van der Waals surface area contributed by atoms with E-state index in [9.17, 15) is 0 Å². The molecule has 0 spiro atoms. The van der Waals surface area contributed by atoms with Crippen LogP contribution in [0.3, 0.4) is 0 Å². The molecule has 0 amide bonds. The van der Waals surface area contributed by atoms with Gasteiger partial charge in [-0.3, -0.25) is 0 Å². The summed E-state index contributed by atoms with van der Waals surface area (Å²) < 4.78 is 0. The van der Waals surface area contributed by atoms with E-state index in [1.165, 1.54) is 0 Å². The van der Waals surface area contributed by atoms with Gasteiger partial charge in [0, 0.05) is 30.5 Å². The van der Waals surface area contributed by atoms with Crippen molar-refractivity contribution in [2.45, 2.75) is 12.8 Å². The standard InChI is InChI=1S/C16H14N4O4/c1-2-14(19-22-7-1)16(13-4-8-21-18-10-13)5-9-23-20-15(16)12-3-6-17-24-11-12/h1,4-11,13H,2-3H2. The Morgan fingerprint density at radius 2 is 1.92 bits per heavy atom. The van der Waals surface area contributed by atoms with Gasteiger partial charge >= 0.3 is 0 Å². The highest BCUT2D eigenvalue weighted by molar-refractivity contribution is 6.23. The highest BCUT2D eigenvalue weighted by Crippen LogP contribution is 2.42. The second-order valence-electron chi connectivity index (χ2n) is 5.39. The Morgan fingerprint density at radius 1 is 0.958 bits per heavy atom. The van der Waals surface area contributed by atoms with Crippen LogP contribution in [0.1, 0.15) is 12.8 Å². The first-order valence-electron chi connectivity index (χ1n) is 7.44. The Morgan fingerprint density at radius 3 is 2.67 bits per heavy atom. The van der Waals surface area contributed by atoms with Crippen molar-refractivity contribution in [1.29, 1.82) is 0 Å². The molecule has 2 atom stereocenters. The van der Waals surface area contributed by atoms with Crippen LogP contribution in [0.15, 0.2) is 69.5 Å². The fourth-order valence-corrected chi connectivity index (χ4v) is 3.02. The van der Waals surface area contributed by atoms with Gasteiger partial charge in [-0.1, -0.05) is 20.6 Å². The summed E-state index contributed by atoms with van der Waals surface area (Å²) in [5.41, 5.74) is 1.60. The van der Waals surface area contributed by atoms with Gasteiger partial charge in [0.25, 0.3) is 0 Å². The second kappa shape index (κ2) is 6.15. The third-order valence-corrected chi connectivity index (χ3v) is 4.14. The number of allylic oxidation sites excluding steroid dienone is 4. The monoisotopic (exact) mass is 326 g/mol. The molecule has 4 heterocycles. The summed E-state index contributed by atoms with van der Waals surface area (Å²) in [6, 6.07) is 0. The van der Waals surface area contributed by atoms with E-state index >= 15 is 0 Å². The van der Waals surface area contributed by atoms with Gasteiger partial charge in [0.15, 0.2) is 0 Å². The maximum atomic E-state index is 5.23. The SMILES string of the molecule is C1=CON=C(C2(C3C=CON=C3)C=CON=C2C2=CON=CC2)C1. The highest BCUT2D eigenvalue weighted by atomic mass is 16.6. The van der Waals surface area contributed by atoms with E-state index in [0.29, 0.717) is 18.6 Å². The lowest BCUT2D eigenvalue weighted by molar-refractivity contribution is 0.233. The lowest BCUT2D eigenvalue weighted by atomic mass is 9.65. The summed E-state index contributed by atoms with van der Waals surface area (Å²) in [5.74, 6) is -0.168. The Bertz CT molecular complexity index is 748. The van der Waals surface area contributed by atoms with Gasteiger partial charge < -0.3 is 19.4 Å². The van der Waals surface area contributed by atoms with E-state index in [1.807, 2.05) is 18.2 Å². The normalized spacial score (nSPS) is 30.3. The van der Waals surface area contributed by atoms with Crippen LogP contribution in [0, 0.1) is 11.3 Å². The van der Waals surface area contributed by atoms with Crippen molar-refractivity contribution < 1.29 is 19.4 Å². The smallest absolute Gasteiger partial charge is 0.127 e. The quantitative estimate of drug-likeness (QED) is 0.797. The fourth-order valence-electron chi connectivity index (χ4n) is 3.02. The Kier molecular flexibility index (Phi) is 3.70. The van der Waals surface area contributed by atoms with Gasteiger partial charge in [0.05, 0.1) is 17.3 Å². The summed E-state index contributed by atoms with van der Waals surface area (Å²) in [5, 5.41) is 16.2. The van der Waals surface area contributed by atoms with Crippen LogP contribution in [0.4, 0.5) is 0 Å². The van der Waals surface area contributed by atoms with Crippen LogP contribution in [0.25, 0.3) is 0 Å². The maximum absolute atomic E-state index is 5.23. The third kappa shape index (κ3) is 2.32. The summed E-state index contributed by atoms with van der Waals surface area (Å²) in [4.78, 5) is 20.5. The molecular formula is C16H14N4O4. The van der Waals surface area contributed by atoms with Crippen LogP contribution in [-0.4, -0.2) is 23.9 Å². The zero-order chi connectivity index (χ0) is 16.2. The molecule has 0 fully saturated rings. The minimum absolute atomic E-state index is 0.168. The molecule has 0 aromatic rings. The summed E-state index contributed by atoms with van der Waals surface area (Å²) in [7, 11) is 0. The van der Waals surface area contributed by atoms with E-state index < -0.39 is 5.41 Å². The Labute approximate surface area is 137 Å². The molecule has 8 nitrogen and oxygen atoms in total. The predicted octanol–water partition coefficient (Wildman–Crippen LogP) is 2.60. The Hall–Kier alpha value is -3.16. The average molecular weight is 326 g/mol. The van der Waals surface area contributed by atoms with Crippen molar-refractivity contribution in [2.75, 3.05) is 0 Å². The number of nitrogens with zero attached hydrogens (tertiary/aromatic N) is 4. The van der Waals surface area contributed by atoms with Gasteiger partial charge in [-0.15, -0.1) is 0 Å². The van der Waals surface area contributed by atoms with Gasteiger partial charge in [-0.05, 0) is 18.2 Å². The van der Waals surface area contributed by atoms with Crippen LogP contribution < -0.4 is 0 Å². The zero-order valence-corrected chi connectivity index (χ0v) is 12.6. The van der Waals surface area contributed by atoms with Gasteiger partial charge in [0.2, 0.25) is 0 Å². The molecule has 2 unspecified atom stereocenters. The molecule has 0 radical (unpaired) electrons. The molecule has 4 aliphatic rings. The minimum atomic E-state index is -0.715. The zero-order valence-electron chi connectivity index (χ0n) is 12.6. The van der Waals surface area contributed by atoms with Gasteiger partial charge in [0.1, 0.15) is 30.8 Å². The van der Waals surface area contributed by atoms with Crippen molar-refractivity contribution in [3.63, 3.8) is 0 Å². The minimum Gasteiger partial charge on any atom is -0.365 e. The first-order chi connectivity index (χ1) is 11.9. The second-order valence-corrected chi connectivity index (χ2v) is 5.39. The molecule has 0 saturated carbocycles. The van der Waals surface area contributed by atoms with Crippen molar-refractivity contribution in [3.05, 3.63) is 48.8 Å². The van der Waals surface area contributed by atoms with E-state index in [1.54, 1.807) is 37.5 Å². The molecule has 0 aromatic carbocycles. The summed E-state index contributed by atoms with van der Waals surface area (Å²) >= 11 is 0. The average Bonchev–Trinajstić information content (AvgIpc) is 2.70. The molecule has 0 aliphatic carbocycles. The largest absolute Gasteiger partial charge is 0.365 e.